The van der Waals surface area contributed by atoms with Crippen LogP contribution in [0.5, 0.6) is 0 Å². The van der Waals surface area contributed by atoms with Crippen molar-refractivity contribution < 1.29 is 9.32 Å². The van der Waals surface area contributed by atoms with E-state index in [2.05, 4.69) is 22.3 Å². The van der Waals surface area contributed by atoms with Crippen molar-refractivity contribution in [2.45, 2.75) is 45.1 Å². The normalized spacial score (nSPS) is 16.9. The highest BCUT2D eigenvalue weighted by Crippen LogP contribution is 2.31. The number of likely N-dealkylation sites (tertiary alicyclic amines) is 1. The molecule has 5 nitrogen and oxygen atoms in total. The Balaban J connectivity index is 1.47. The van der Waals surface area contributed by atoms with Gasteiger partial charge in [-0.05, 0) is 38.2 Å². The van der Waals surface area contributed by atoms with Crippen LogP contribution in [0.3, 0.4) is 0 Å². The van der Waals surface area contributed by atoms with Crippen LogP contribution in [0.1, 0.15) is 48.7 Å². The van der Waals surface area contributed by atoms with Crippen LogP contribution in [0.2, 0.25) is 0 Å². The Morgan fingerprint density at radius 1 is 1.11 bits per heavy atom. The third-order valence-electron chi connectivity index (χ3n) is 5.33. The molecule has 2 heterocycles. The van der Waals surface area contributed by atoms with Crippen molar-refractivity contribution in [3.8, 4) is 11.4 Å². The van der Waals surface area contributed by atoms with E-state index >= 15 is 0 Å². The summed E-state index contributed by atoms with van der Waals surface area (Å²) in [4.78, 5) is 19.4. The molecular formula is C23H25N3O2. The van der Waals surface area contributed by atoms with Crippen molar-refractivity contribution in [1.82, 2.24) is 15.0 Å². The lowest BCUT2D eigenvalue weighted by Gasteiger charge is -2.33. The molecule has 1 aliphatic heterocycles. The molecule has 0 aliphatic carbocycles. The van der Waals surface area contributed by atoms with E-state index in [0.29, 0.717) is 18.1 Å². The molecule has 0 radical (unpaired) electrons. The van der Waals surface area contributed by atoms with Gasteiger partial charge < -0.3 is 9.42 Å². The van der Waals surface area contributed by atoms with Crippen molar-refractivity contribution >= 4 is 5.91 Å². The van der Waals surface area contributed by atoms with Crippen LogP contribution >= 0.6 is 0 Å². The SMILES string of the molecule is Cc1ccc(-c2noc(C3CCCCN3C(=O)CCc3ccccc3)n2)cc1. The van der Waals surface area contributed by atoms with Gasteiger partial charge in [0.2, 0.25) is 17.6 Å². The van der Waals surface area contributed by atoms with E-state index in [9.17, 15) is 4.79 Å². The zero-order valence-electron chi connectivity index (χ0n) is 16.2. The molecule has 0 N–H and O–H groups in total. The average molecular weight is 375 g/mol. The number of nitrogens with zero attached hydrogens (tertiary/aromatic N) is 3. The maximum atomic E-state index is 12.9. The first-order valence-electron chi connectivity index (χ1n) is 9.95. The van der Waals surface area contributed by atoms with Gasteiger partial charge in [-0.2, -0.15) is 4.98 Å². The third kappa shape index (κ3) is 4.14. The van der Waals surface area contributed by atoms with Gasteiger partial charge in [-0.3, -0.25) is 4.79 Å². The maximum absolute atomic E-state index is 12.9. The van der Waals surface area contributed by atoms with Crippen molar-refractivity contribution in [1.29, 1.82) is 0 Å². The molecule has 0 spiro atoms. The molecule has 1 unspecified atom stereocenters. The number of carbonyl (C=O) groups excluding carboxylic acids is 1. The number of hydrogen-bond acceptors (Lipinski definition) is 4. The van der Waals surface area contributed by atoms with E-state index in [0.717, 1.165) is 37.8 Å². The fourth-order valence-electron chi connectivity index (χ4n) is 3.72. The summed E-state index contributed by atoms with van der Waals surface area (Å²) in [5.74, 6) is 1.28. The Kier molecular flexibility index (Phi) is 5.51. The number of amides is 1. The molecule has 5 heteroatoms. The first kappa shape index (κ1) is 18.4. The molecule has 1 aliphatic rings. The lowest BCUT2D eigenvalue weighted by atomic mass is 10.0. The number of aryl methyl sites for hydroxylation is 2. The molecule has 1 aromatic heterocycles. The lowest BCUT2D eigenvalue weighted by Crippen LogP contribution is -2.38. The maximum Gasteiger partial charge on any atom is 0.249 e. The largest absolute Gasteiger partial charge is 0.337 e. The number of rotatable bonds is 5. The second-order valence-electron chi connectivity index (χ2n) is 7.41. The second kappa shape index (κ2) is 8.38. The Morgan fingerprint density at radius 3 is 2.68 bits per heavy atom. The topological polar surface area (TPSA) is 59.2 Å². The number of carbonyl (C=O) groups is 1. The van der Waals surface area contributed by atoms with Gasteiger partial charge in [0, 0.05) is 18.5 Å². The van der Waals surface area contributed by atoms with Gasteiger partial charge in [-0.15, -0.1) is 0 Å². The van der Waals surface area contributed by atoms with Crippen LogP contribution in [-0.2, 0) is 11.2 Å². The zero-order valence-corrected chi connectivity index (χ0v) is 16.2. The van der Waals surface area contributed by atoms with E-state index in [1.807, 2.05) is 54.3 Å². The molecule has 144 valence electrons. The molecule has 1 saturated heterocycles. The molecular weight excluding hydrogens is 350 g/mol. The van der Waals surface area contributed by atoms with E-state index in [1.54, 1.807) is 0 Å². The summed E-state index contributed by atoms with van der Waals surface area (Å²) in [5.41, 5.74) is 3.30. The molecule has 1 amide bonds. The van der Waals surface area contributed by atoms with Crippen LogP contribution in [0.25, 0.3) is 11.4 Å². The molecule has 0 saturated carbocycles. The van der Waals surface area contributed by atoms with Crippen LogP contribution in [0.15, 0.2) is 59.1 Å². The Hall–Kier alpha value is -2.95. The standard InChI is InChI=1S/C23H25N3O2/c1-17-10-13-19(14-11-17)22-24-23(28-25-22)20-9-5-6-16-26(20)21(27)15-12-18-7-3-2-4-8-18/h2-4,7-8,10-11,13-14,20H,5-6,9,12,15-16H2,1H3. The van der Waals surface area contributed by atoms with Crippen molar-refractivity contribution in [3.05, 3.63) is 71.6 Å². The van der Waals surface area contributed by atoms with Gasteiger partial charge in [-0.25, -0.2) is 0 Å². The minimum Gasteiger partial charge on any atom is -0.337 e. The van der Waals surface area contributed by atoms with E-state index in [4.69, 9.17) is 4.52 Å². The Bertz CT molecular complexity index is 919. The minimum atomic E-state index is -0.122. The number of benzene rings is 2. The molecule has 0 bridgehead atoms. The molecule has 1 fully saturated rings. The minimum absolute atomic E-state index is 0.122. The van der Waals surface area contributed by atoms with Gasteiger partial charge in [0.25, 0.3) is 0 Å². The van der Waals surface area contributed by atoms with Gasteiger partial charge in [0.05, 0.1) is 0 Å². The van der Waals surface area contributed by atoms with Gasteiger partial charge in [0.1, 0.15) is 6.04 Å². The first-order chi connectivity index (χ1) is 13.7. The highest BCUT2D eigenvalue weighted by molar-refractivity contribution is 5.77. The molecule has 28 heavy (non-hydrogen) atoms. The summed E-state index contributed by atoms with van der Waals surface area (Å²) in [5, 5.41) is 4.15. The predicted octanol–water partition coefficient (Wildman–Crippen LogP) is 4.73. The van der Waals surface area contributed by atoms with Crippen molar-refractivity contribution in [2.75, 3.05) is 6.54 Å². The van der Waals surface area contributed by atoms with Crippen LogP contribution in [-0.4, -0.2) is 27.5 Å². The summed E-state index contributed by atoms with van der Waals surface area (Å²) < 4.78 is 5.58. The monoisotopic (exact) mass is 375 g/mol. The van der Waals surface area contributed by atoms with E-state index in [1.165, 1.54) is 11.1 Å². The van der Waals surface area contributed by atoms with Crippen LogP contribution in [0, 0.1) is 6.92 Å². The fraction of sp³-hybridized carbons (Fsp3) is 0.348. The van der Waals surface area contributed by atoms with Crippen molar-refractivity contribution in [2.24, 2.45) is 0 Å². The summed E-state index contributed by atoms with van der Waals surface area (Å²) >= 11 is 0. The smallest absolute Gasteiger partial charge is 0.249 e. The van der Waals surface area contributed by atoms with Crippen molar-refractivity contribution in [3.63, 3.8) is 0 Å². The Morgan fingerprint density at radius 2 is 1.89 bits per heavy atom. The number of hydrogen-bond donors (Lipinski definition) is 0. The molecule has 1 atom stereocenters. The fourth-order valence-corrected chi connectivity index (χ4v) is 3.72. The second-order valence-corrected chi connectivity index (χ2v) is 7.41. The van der Waals surface area contributed by atoms with Gasteiger partial charge in [-0.1, -0.05) is 65.3 Å². The molecule has 3 aromatic rings. The number of piperidine rings is 1. The summed E-state index contributed by atoms with van der Waals surface area (Å²) in [6, 6.07) is 18.1. The molecule has 4 rings (SSSR count). The van der Waals surface area contributed by atoms with E-state index < -0.39 is 0 Å². The zero-order chi connectivity index (χ0) is 19.3. The molecule has 2 aromatic carbocycles. The van der Waals surface area contributed by atoms with Gasteiger partial charge in [0.15, 0.2) is 0 Å². The van der Waals surface area contributed by atoms with Gasteiger partial charge >= 0.3 is 0 Å². The quantitative estimate of drug-likeness (QED) is 0.647. The lowest BCUT2D eigenvalue weighted by molar-refractivity contribution is -0.135. The Labute approximate surface area is 165 Å². The van der Waals surface area contributed by atoms with Crippen LogP contribution in [0.4, 0.5) is 0 Å². The summed E-state index contributed by atoms with van der Waals surface area (Å²) in [6.45, 7) is 2.80. The summed E-state index contributed by atoms with van der Waals surface area (Å²) in [7, 11) is 0. The highest BCUT2D eigenvalue weighted by Gasteiger charge is 2.31. The first-order valence-corrected chi connectivity index (χ1v) is 9.95. The third-order valence-corrected chi connectivity index (χ3v) is 5.33. The number of aromatic nitrogens is 2. The highest BCUT2D eigenvalue weighted by atomic mass is 16.5. The average Bonchev–Trinajstić information content (AvgIpc) is 3.23. The van der Waals surface area contributed by atoms with Crippen LogP contribution < -0.4 is 0 Å². The predicted molar refractivity (Wildman–Crippen MR) is 108 cm³/mol. The van der Waals surface area contributed by atoms with E-state index in [-0.39, 0.29) is 11.9 Å². The summed E-state index contributed by atoms with van der Waals surface area (Å²) in [6.07, 6.45) is 4.20.